The second kappa shape index (κ2) is 6.07. The van der Waals surface area contributed by atoms with Crippen LogP contribution in [0.1, 0.15) is 32.4 Å². The van der Waals surface area contributed by atoms with Crippen LogP contribution < -0.4 is 5.32 Å². The average Bonchev–Trinajstić information content (AvgIpc) is 2.79. The van der Waals surface area contributed by atoms with Crippen LogP contribution in [0.25, 0.3) is 10.2 Å². The van der Waals surface area contributed by atoms with Crippen molar-refractivity contribution >= 4 is 21.6 Å². The monoisotopic (exact) mass is 249 g/mol. The number of nitrogens with zero attached hydrogens (tertiary/aromatic N) is 2. The maximum absolute atomic E-state index is 4.44. The van der Waals surface area contributed by atoms with Gasteiger partial charge in [-0.1, -0.05) is 20.3 Å². The molecule has 0 fully saturated rings. The molecule has 0 aliphatic carbocycles. The molecule has 17 heavy (non-hydrogen) atoms. The highest BCUT2D eigenvalue weighted by Crippen LogP contribution is 2.21. The van der Waals surface area contributed by atoms with Crippen molar-refractivity contribution in [2.24, 2.45) is 0 Å². The first kappa shape index (κ1) is 12.5. The van der Waals surface area contributed by atoms with Gasteiger partial charge >= 0.3 is 0 Å². The summed E-state index contributed by atoms with van der Waals surface area (Å²) in [5.41, 5.74) is 1.18. The Labute approximate surface area is 106 Å². The fourth-order valence-corrected chi connectivity index (χ4v) is 2.90. The highest BCUT2D eigenvalue weighted by molar-refractivity contribution is 7.16. The summed E-state index contributed by atoms with van der Waals surface area (Å²) >= 11 is 1.68. The molecule has 2 rings (SSSR count). The third-order valence-corrected chi connectivity index (χ3v) is 3.73. The van der Waals surface area contributed by atoms with Crippen molar-refractivity contribution in [2.75, 3.05) is 6.54 Å². The van der Waals surface area contributed by atoms with Gasteiger partial charge in [0.25, 0.3) is 0 Å². The molecule has 3 nitrogen and oxygen atoms in total. The Morgan fingerprint density at radius 1 is 1.35 bits per heavy atom. The smallest absolute Gasteiger partial charge is 0.126 e. The van der Waals surface area contributed by atoms with E-state index >= 15 is 0 Å². The molecule has 2 heterocycles. The van der Waals surface area contributed by atoms with E-state index in [-0.39, 0.29) is 0 Å². The second-order valence-electron chi connectivity index (χ2n) is 4.21. The Kier molecular flexibility index (Phi) is 4.45. The van der Waals surface area contributed by atoms with E-state index in [1.165, 1.54) is 23.9 Å². The molecule has 4 heteroatoms. The number of hydrogen-bond acceptors (Lipinski definition) is 4. The number of thiophene rings is 1. The van der Waals surface area contributed by atoms with Crippen LogP contribution in [0.4, 0.5) is 0 Å². The maximum Gasteiger partial charge on any atom is 0.126 e. The van der Waals surface area contributed by atoms with E-state index in [1.54, 1.807) is 17.7 Å². The zero-order valence-electron chi connectivity index (χ0n) is 10.4. The van der Waals surface area contributed by atoms with Gasteiger partial charge in [0.1, 0.15) is 11.2 Å². The van der Waals surface area contributed by atoms with E-state index in [4.69, 9.17) is 0 Å². The third-order valence-electron chi connectivity index (χ3n) is 2.91. The van der Waals surface area contributed by atoms with Crippen LogP contribution in [0.3, 0.4) is 0 Å². The Morgan fingerprint density at radius 3 is 3.00 bits per heavy atom. The van der Waals surface area contributed by atoms with Crippen molar-refractivity contribution in [3.8, 4) is 0 Å². The van der Waals surface area contributed by atoms with Crippen molar-refractivity contribution in [1.82, 2.24) is 15.3 Å². The predicted molar refractivity (Wildman–Crippen MR) is 73.5 cm³/mol. The topological polar surface area (TPSA) is 37.8 Å². The van der Waals surface area contributed by atoms with Gasteiger partial charge in [-0.15, -0.1) is 11.3 Å². The summed E-state index contributed by atoms with van der Waals surface area (Å²) in [5.74, 6) is 0. The highest BCUT2D eigenvalue weighted by Gasteiger charge is 2.11. The molecular formula is C13H19N3S. The lowest BCUT2D eigenvalue weighted by Crippen LogP contribution is -2.31. The summed E-state index contributed by atoms with van der Waals surface area (Å²) in [5, 5.41) is 6.84. The lowest BCUT2D eigenvalue weighted by molar-refractivity contribution is 0.483. The highest BCUT2D eigenvalue weighted by atomic mass is 32.1. The van der Waals surface area contributed by atoms with Crippen LogP contribution in [0.2, 0.25) is 0 Å². The SMILES string of the molecule is CCCC(Cc1ncnc2sccc12)NCC. The normalized spacial score (nSPS) is 13.1. The summed E-state index contributed by atoms with van der Waals surface area (Å²) in [7, 11) is 0. The Balaban J connectivity index is 2.18. The van der Waals surface area contributed by atoms with E-state index in [0.717, 1.165) is 17.8 Å². The first-order valence-electron chi connectivity index (χ1n) is 6.25. The summed E-state index contributed by atoms with van der Waals surface area (Å²) in [4.78, 5) is 9.83. The Hall–Kier alpha value is -1.00. The lowest BCUT2D eigenvalue weighted by Gasteiger charge is -2.16. The number of aromatic nitrogens is 2. The fraction of sp³-hybridized carbons (Fsp3) is 0.538. The fourth-order valence-electron chi connectivity index (χ4n) is 2.15. The number of nitrogens with one attached hydrogen (secondary N) is 1. The van der Waals surface area contributed by atoms with E-state index in [0.29, 0.717) is 6.04 Å². The number of hydrogen-bond donors (Lipinski definition) is 1. The minimum Gasteiger partial charge on any atom is -0.314 e. The van der Waals surface area contributed by atoms with Crippen LogP contribution >= 0.6 is 11.3 Å². The molecule has 1 unspecified atom stereocenters. The lowest BCUT2D eigenvalue weighted by atomic mass is 10.0. The van der Waals surface area contributed by atoms with E-state index in [1.807, 2.05) is 0 Å². The van der Waals surface area contributed by atoms with Crippen molar-refractivity contribution < 1.29 is 0 Å². The average molecular weight is 249 g/mol. The first-order valence-corrected chi connectivity index (χ1v) is 7.13. The zero-order chi connectivity index (χ0) is 12.1. The second-order valence-corrected chi connectivity index (χ2v) is 5.10. The molecule has 0 saturated carbocycles. The van der Waals surface area contributed by atoms with E-state index in [2.05, 4.69) is 40.6 Å². The van der Waals surface area contributed by atoms with Gasteiger partial charge in [0.05, 0.1) is 5.69 Å². The molecule has 0 bridgehead atoms. The molecule has 0 amide bonds. The van der Waals surface area contributed by atoms with Crippen molar-refractivity contribution in [3.63, 3.8) is 0 Å². The van der Waals surface area contributed by atoms with Crippen molar-refractivity contribution in [2.45, 2.75) is 39.2 Å². The molecule has 92 valence electrons. The van der Waals surface area contributed by atoms with Gasteiger partial charge in [0, 0.05) is 17.8 Å². The minimum absolute atomic E-state index is 0.531. The zero-order valence-corrected chi connectivity index (χ0v) is 11.3. The molecule has 0 radical (unpaired) electrons. The van der Waals surface area contributed by atoms with Gasteiger partial charge in [-0.3, -0.25) is 0 Å². The number of rotatable bonds is 6. The predicted octanol–water partition coefficient (Wildman–Crippen LogP) is 3.01. The molecule has 0 aromatic carbocycles. The van der Waals surface area contributed by atoms with Gasteiger partial charge in [-0.05, 0) is 24.4 Å². The largest absolute Gasteiger partial charge is 0.314 e. The van der Waals surface area contributed by atoms with Gasteiger partial charge in [-0.2, -0.15) is 0 Å². The molecule has 0 saturated heterocycles. The summed E-state index contributed by atoms with van der Waals surface area (Å²) in [6.45, 7) is 5.40. The van der Waals surface area contributed by atoms with Crippen molar-refractivity contribution in [1.29, 1.82) is 0 Å². The molecule has 1 atom stereocenters. The van der Waals surface area contributed by atoms with Gasteiger partial charge < -0.3 is 5.32 Å². The number of fused-ring (bicyclic) bond motifs is 1. The van der Waals surface area contributed by atoms with Gasteiger partial charge in [-0.25, -0.2) is 9.97 Å². The summed E-state index contributed by atoms with van der Waals surface area (Å²) in [6, 6.07) is 2.66. The first-order chi connectivity index (χ1) is 8.35. The molecule has 0 aliphatic heterocycles. The van der Waals surface area contributed by atoms with Crippen molar-refractivity contribution in [3.05, 3.63) is 23.5 Å². The van der Waals surface area contributed by atoms with Crippen LogP contribution in [0.5, 0.6) is 0 Å². The van der Waals surface area contributed by atoms with Crippen LogP contribution in [0.15, 0.2) is 17.8 Å². The standard InChI is InChI=1S/C13H19N3S/c1-3-5-10(14-4-2)8-12-11-6-7-17-13(11)16-9-15-12/h6-7,9-10,14H,3-5,8H2,1-2H3. The molecule has 2 aromatic rings. The van der Waals surface area contributed by atoms with E-state index in [9.17, 15) is 0 Å². The molecule has 0 aliphatic rings. The van der Waals surface area contributed by atoms with Crippen LogP contribution in [0, 0.1) is 0 Å². The Bertz CT molecular complexity index is 460. The summed E-state index contributed by atoms with van der Waals surface area (Å²) in [6.07, 6.45) is 5.08. The number of likely N-dealkylation sites (N-methyl/N-ethyl adjacent to an activating group) is 1. The third kappa shape index (κ3) is 3.01. The molecule has 2 aromatic heterocycles. The maximum atomic E-state index is 4.44. The van der Waals surface area contributed by atoms with Crippen LogP contribution in [-0.2, 0) is 6.42 Å². The molecule has 0 spiro atoms. The Morgan fingerprint density at radius 2 is 2.24 bits per heavy atom. The quantitative estimate of drug-likeness (QED) is 0.855. The summed E-state index contributed by atoms with van der Waals surface area (Å²) < 4.78 is 0. The minimum atomic E-state index is 0.531. The van der Waals surface area contributed by atoms with Gasteiger partial charge in [0.15, 0.2) is 0 Å². The van der Waals surface area contributed by atoms with Crippen LogP contribution in [-0.4, -0.2) is 22.6 Å². The van der Waals surface area contributed by atoms with Gasteiger partial charge in [0.2, 0.25) is 0 Å². The molecular weight excluding hydrogens is 230 g/mol. The molecule has 1 N–H and O–H groups in total. The van der Waals surface area contributed by atoms with E-state index < -0.39 is 0 Å².